The fourth-order valence-corrected chi connectivity index (χ4v) is 2.98. The minimum absolute atomic E-state index is 0.200. The molecule has 1 N–H and O–H groups in total. The number of piperazine rings is 1. The molecule has 2 aromatic rings. The number of aromatic nitrogens is 2. The molecule has 0 atom stereocenters. The molecule has 0 spiro atoms. The largest absolute Gasteiger partial charge is 0.497 e. The van der Waals surface area contributed by atoms with E-state index < -0.39 is 0 Å². The van der Waals surface area contributed by atoms with Gasteiger partial charge in [-0.3, -0.25) is 9.69 Å². The van der Waals surface area contributed by atoms with E-state index >= 15 is 0 Å². The van der Waals surface area contributed by atoms with Crippen LogP contribution in [0.4, 0.5) is 5.69 Å². The number of methoxy groups -OCH3 is 1. The summed E-state index contributed by atoms with van der Waals surface area (Å²) in [7, 11) is 1.64. The molecule has 1 aromatic carbocycles. The Hall–Kier alpha value is -2.25. The highest BCUT2D eigenvalue weighted by atomic mass is 35.5. The molecular weight excluding hydrogens is 344 g/mol. The summed E-state index contributed by atoms with van der Waals surface area (Å²) in [6.07, 6.45) is 1.60. The number of aromatic amines is 1. The van der Waals surface area contributed by atoms with Crippen LogP contribution in [0, 0.1) is 0 Å². The van der Waals surface area contributed by atoms with Crippen LogP contribution in [-0.2, 0) is 0 Å². The number of nitrogens with zero attached hydrogens (tertiary/aromatic N) is 3. The van der Waals surface area contributed by atoms with Gasteiger partial charge in [0.05, 0.1) is 19.0 Å². The average molecular weight is 365 g/mol. The number of hydrogen-bond donors (Lipinski definition) is 1. The Balaban J connectivity index is 1.44. The molecule has 8 heteroatoms. The Kier molecular flexibility index (Phi) is 5.78. The molecular formula is C17H21ClN4O3. The van der Waals surface area contributed by atoms with Crippen LogP contribution in [-0.4, -0.2) is 61.5 Å². The number of H-pyrrole nitrogens is 1. The first-order valence-electron chi connectivity index (χ1n) is 8.14. The zero-order valence-electron chi connectivity index (χ0n) is 14.1. The second-order valence-electron chi connectivity index (χ2n) is 5.75. The smallest absolute Gasteiger partial charge is 0.285 e. The Morgan fingerprint density at radius 1 is 1.16 bits per heavy atom. The molecule has 0 aliphatic carbocycles. The fourth-order valence-electron chi connectivity index (χ4n) is 2.77. The number of ether oxygens (including phenoxy) is 2. The van der Waals surface area contributed by atoms with E-state index in [9.17, 15) is 4.79 Å². The lowest BCUT2D eigenvalue weighted by atomic mass is 10.3. The third kappa shape index (κ3) is 4.43. The van der Waals surface area contributed by atoms with Crippen LogP contribution in [0.3, 0.4) is 0 Å². The molecule has 25 heavy (non-hydrogen) atoms. The van der Waals surface area contributed by atoms with Crippen molar-refractivity contribution in [1.29, 1.82) is 0 Å². The van der Waals surface area contributed by atoms with E-state index in [0.29, 0.717) is 12.3 Å². The van der Waals surface area contributed by atoms with Gasteiger partial charge in [0.1, 0.15) is 23.1 Å². The summed E-state index contributed by atoms with van der Waals surface area (Å²) in [5.41, 5.74) is 0.342. The molecule has 0 unspecified atom stereocenters. The first kappa shape index (κ1) is 17.6. The normalized spacial score (nSPS) is 15.2. The summed E-state index contributed by atoms with van der Waals surface area (Å²) in [6, 6.07) is 7.57. The van der Waals surface area contributed by atoms with Gasteiger partial charge in [0.25, 0.3) is 5.56 Å². The van der Waals surface area contributed by atoms with Crippen LogP contribution in [0.1, 0.15) is 0 Å². The molecule has 7 nitrogen and oxygen atoms in total. The molecule has 1 saturated heterocycles. The predicted octanol–water partition coefficient (Wildman–Crippen LogP) is 1.63. The van der Waals surface area contributed by atoms with Crippen LogP contribution in [0.2, 0.25) is 5.02 Å². The Bertz CT molecular complexity index is 742. The van der Waals surface area contributed by atoms with Crippen LogP contribution >= 0.6 is 11.6 Å². The number of nitrogens with one attached hydrogen (secondary N) is 1. The quantitative estimate of drug-likeness (QED) is 0.840. The third-order valence-corrected chi connectivity index (χ3v) is 4.59. The maximum atomic E-state index is 11.6. The molecule has 1 aromatic heterocycles. The molecule has 1 aliphatic heterocycles. The second kappa shape index (κ2) is 8.22. The summed E-state index contributed by atoms with van der Waals surface area (Å²) < 4.78 is 10.9. The number of rotatable bonds is 6. The minimum Gasteiger partial charge on any atom is -0.497 e. The van der Waals surface area contributed by atoms with Crippen LogP contribution in [0.15, 0.2) is 35.3 Å². The van der Waals surface area contributed by atoms with Gasteiger partial charge < -0.3 is 14.4 Å². The topological polar surface area (TPSA) is 70.7 Å². The molecule has 3 rings (SSSR count). The van der Waals surface area contributed by atoms with E-state index in [1.807, 2.05) is 24.3 Å². The van der Waals surface area contributed by atoms with Crippen molar-refractivity contribution >= 4 is 17.3 Å². The SMILES string of the molecule is COc1ccc(OCCN2CCN(c3cn[nH]c(=O)c3Cl)CC2)cc1. The second-order valence-corrected chi connectivity index (χ2v) is 6.13. The predicted molar refractivity (Wildman–Crippen MR) is 97.0 cm³/mol. The molecule has 2 heterocycles. The molecule has 0 saturated carbocycles. The Labute approximate surface area is 151 Å². The zero-order valence-corrected chi connectivity index (χ0v) is 14.8. The highest BCUT2D eigenvalue weighted by Crippen LogP contribution is 2.21. The van der Waals surface area contributed by atoms with Crippen LogP contribution in [0.5, 0.6) is 11.5 Å². The van der Waals surface area contributed by atoms with Crippen molar-refractivity contribution in [3.63, 3.8) is 0 Å². The van der Waals surface area contributed by atoms with E-state index in [1.54, 1.807) is 13.3 Å². The summed E-state index contributed by atoms with van der Waals surface area (Å²) in [6.45, 7) is 4.84. The van der Waals surface area contributed by atoms with Crippen molar-refractivity contribution in [2.45, 2.75) is 0 Å². The van der Waals surface area contributed by atoms with Crippen LogP contribution in [0.25, 0.3) is 0 Å². The maximum absolute atomic E-state index is 11.6. The van der Waals surface area contributed by atoms with Gasteiger partial charge in [-0.05, 0) is 24.3 Å². The highest BCUT2D eigenvalue weighted by Gasteiger charge is 2.20. The molecule has 1 fully saturated rings. The van der Waals surface area contributed by atoms with E-state index in [4.69, 9.17) is 21.1 Å². The zero-order chi connectivity index (χ0) is 17.6. The van der Waals surface area contributed by atoms with Gasteiger partial charge in [0.15, 0.2) is 0 Å². The van der Waals surface area contributed by atoms with Gasteiger partial charge in [0.2, 0.25) is 0 Å². The monoisotopic (exact) mass is 364 g/mol. The van der Waals surface area contributed by atoms with Gasteiger partial charge in [-0.25, -0.2) is 5.10 Å². The van der Waals surface area contributed by atoms with Gasteiger partial charge in [-0.15, -0.1) is 0 Å². The molecule has 0 radical (unpaired) electrons. The summed E-state index contributed by atoms with van der Waals surface area (Å²) in [5.74, 6) is 1.65. The van der Waals surface area contributed by atoms with Crippen molar-refractivity contribution in [1.82, 2.24) is 15.1 Å². The fraction of sp³-hybridized carbons (Fsp3) is 0.412. The Morgan fingerprint density at radius 2 is 1.84 bits per heavy atom. The number of hydrogen-bond acceptors (Lipinski definition) is 6. The van der Waals surface area contributed by atoms with E-state index in [1.165, 1.54) is 0 Å². The lowest BCUT2D eigenvalue weighted by Gasteiger charge is -2.35. The van der Waals surface area contributed by atoms with Crippen LogP contribution < -0.4 is 19.9 Å². The van der Waals surface area contributed by atoms with Gasteiger partial charge >= 0.3 is 0 Å². The van der Waals surface area contributed by atoms with Crippen molar-refractivity contribution in [3.8, 4) is 11.5 Å². The lowest BCUT2D eigenvalue weighted by Crippen LogP contribution is -2.47. The molecule has 0 bridgehead atoms. The summed E-state index contributed by atoms with van der Waals surface area (Å²) >= 11 is 6.07. The van der Waals surface area contributed by atoms with E-state index in [-0.39, 0.29) is 10.6 Å². The number of halogens is 1. The lowest BCUT2D eigenvalue weighted by molar-refractivity contribution is 0.200. The minimum atomic E-state index is -0.352. The summed E-state index contributed by atoms with van der Waals surface area (Å²) in [5, 5.41) is 6.37. The highest BCUT2D eigenvalue weighted by molar-refractivity contribution is 6.32. The van der Waals surface area contributed by atoms with Gasteiger partial charge in [0, 0.05) is 32.7 Å². The number of benzene rings is 1. The van der Waals surface area contributed by atoms with Crippen molar-refractivity contribution in [3.05, 3.63) is 45.8 Å². The molecule has 1 aliphatic rings. The van der Waals surface area contributed by atoms with E-state index in [0.717, 1.165) is 44.2 Å². The standard InChI is InChI=1S/C17H21ClN4O3/c1-24-13-2-4-14(5-3-13)25-11-10-21-6-8-22(9-7-21)15-12-19-20-17(23)16(15)18/h2-5,12H,6-11H2,1H3,(H,20,23). The first-order chi connectivity index (χ1) is 12.2. The van der Waals surface area contributed by atoms with E-state index in [2.05, 4.69) is 20.0 Å². The average Bonchev–Trinajstić information content (AvgIpc) is 2.65. The Morgan fingerprint density at radius 3 is 2.52 bits per heavy atom. The third-order valence-electron chi connectivity index (χ3n) is 4.23. The number of anilines is 1. The molecule has 134 valence electrons. The van der Waals surface area contributed by atoms with Gasteiger partial charge in [-0.2, -0.15) is 5.10 Å². The van der Waals surface area contributed by atoms with Crippen molar-refractivity contribution < 1.29 is 9.47 Å². The summed E-state index contributed by atoms with van der Waals surface area (Å²) in [4.78, 5) is 16.0. The van der Waals surface area contributed by atoms with Gasteiger partial charge in [-0.1, -0.05) is 11.6 Å². The van der Waals surface area contributed by atoms with Crippen molar-refractivity contribution in [2.75, 3.05) is 51.3 Å². The maximum Gasteiger partial charge on any atom is 0.285 e. The first-order valence-corrected chi connectivity index (χ1v) is 8.52. The van der Waals surface area contributed by atoms with Crippen molar-refractivity contribution in [2.24, 2.45) is 0 Å². The molecule has 0 amide bonds.